The zero-order valence-electron chi connectivity index (χ0n) is 18.2. The van der Waals surface area contributed by atoms with E-state index in [2.05, 4.69) is 10.6 Å². The summed E-state index contributed by atoms with van der Waals surface area (Å²) in [5.41, 5.74) is 0.731. The number of amides is 2. The van der Waals surface area contributed by atoms with Gasteiger partial charge in [0.1, 0.15) is 5.70 Å². The minimum absolute atomic E-state index is 0.0984. The average molecular weight is 482 g/mol. The molecule has 0 aromatic heterocycles. The lowest BCUT2D eigenvalue weighted by atomic mass is 10.1. The van der Waals surface area contributed by atoms with E-state index in [0.717, 1.165) is 0 Å². The van der Waals surface area contributed by atoms with Crippen LogP contribution in [-0.2, 0) is 4.79 Å². The van der Waals surface area contributed by atoms with Gasteiger partial charge in [-0.2, -0.15) is 0 Å². The number of benzene rings is 3. The molecule has 2 N–H and O–H groups in total. The van der Waals surface area contributed by atoms with E-state index in [-0.39, 0.29) is 22.6 Å². The van der Waals surface area contributed by atoms with Crippen LogP contribution in [0.4, 0.5) is 11.4 Å². The molecule has 3 rings (SSSR count). The molecule has 0 aliphatic rings. The van der Waals surface area contributed by atoms with Crippen molar-refractivity contribution in [3.63, 3.8) is 0 Å². The summed E-state index contributed by atoms with van der Waals surface area (Å²) in [6.07, 6.45) is 1.45. The molecule has 0 bridgehead atoms. The minimum atomic E-state index is -0.683. The molecular formula is C24H20ClN3O6. The molecule has 0 aliphatic carbocycles. The number of nitro benzene ring substituents is 1. The number of ether oxygens (including phenoxy) is 2. The molecule has 174 valence electrons. The maximum Gasteiger partial charge on any atom is 0.272 e. The fourth-order valence-corrected chi connectivity index (χ4v) is 3.09. The number of anilines is 1. The second-order valence-electron chi connectivity index (χ2n) is 6.90. The third kappa shape index (κ3) is 6.11. The van der Waals surface area contributed by atoms with Crippen molar-refractivity contribution in [3.05, 3.63) is 98.7 Å². The number of non-ortho nitro benzene ring substituents is 1. The zero-order chi connectivity index (χ0) is 24.7. The van der Waals surface area contributed by atoms with Crippen LogP contribution in [0.3, 0.4) is 0 Å². The highest BCUT2D eigenvalue weighted by molar-refractivity contribution is 6.30. The van der Waals surface area contributed by atoms with Crippen molar-refractivity contribution in [2.24, 2.45) is 0 Å². The van der Waals surface area contributed by atoms with Crippen LogP contribution in [0.25, 0.3) is 6.08 Å². The van der Waals surface area contributed by atoms with Gasteiger partial charge in [-0.3, -0.25) is 19.7 Å². The van der Waals surface area contributed by atoms with Crippen molar-refractivity contribution >= 4 is 40.9 Å². The summed E-state index contributed by atoms with van der Waals surface area (Å²) in [4.78, 5) is 36.3. The number of carbonyl (C=O) groups is 2. The molecule has 0 aliphatic heterocycles. The highest BCUT2D eigenvalue weighted by Gasteiger charge is 2.17. The molecule has 0 fully saturated rings. The summed E-state index contributed by atoms with van der Waals surface area (Å²) in [7, 11) is 2.97. The summed E-state index contributed by atoms with van der Waals surface area (Å²) in [5, 5.41) is 16.7. The maximum absolute atomic E-state index is 13.1. The van der Waals surface area contributed by atoms with Gasteiger partial charge in [0.25, 0.3) is 17.5 Å². The van der Waals surface area contributed by atoms with Crippen LogP contribution >= 0.6 is 11.6 Å². The fraction of sp³-hybridized carbons (Fsp3) is 0.0833. The van der Waals surface area contributed by atoms with E-state index in [9.17, 15) is 19.7 Å². The van der Waals surface area contributed by atoms with Crippen molar-refractivity contribution in [1.29, 1.82) is 0 Å². The zero-order valence-corrected chi connectivity index (χ0v) is 19.0. The van der Waals surface area contributed by atoms with Gasteiger partial charge in [-0.1, -0.05) is 23.7 Å². The number of hydrogen-bond acceptors (Lipinski definition) is 6. The van der Waals surface area contributed by atoms with Gasteiger partial charge < -0.3 is 20.1 Å². The molecule has 10 heteroatoms. The maximum atomic E-state index is 13.1. The smallest absolute Gasteiger partial charge is 0.272 e. The third-order valence-electron chi connectivity index (χ3n) is 4.63. The first-order chi connectivity index (χ1) is 16.3. The predicted molar refractivity (Wildman–Crippen MR) is 128 cm³/mol. The number of nitrogens with one attached hydrogen (secondary N) is 2. The van der Waals surface area contributed by atoms with E-state index in [1.807, 2.05) is 0 Å². The number of rotatable bonds is 8. The lowest BCUT2D eigenvalue weighted by molar-refractivity contribution is -0.384. The first-order valence-corrected chi connectivity index (χ1v) is 10.2. The molecule has 2 amide bonds. The van der Waals surface area contributed by atoms with Crippen molar-refractivity contribution in [2.75, 3.05) is 19.5 Å². The third-order valence-corrected chi connectivity index (χ3v) is 4.88. The second kappa shape index (κ2) is 11.0. The monoisotopic (exact) mass is 481 g/mol. The van der Waals surface area contributed by atoms with Gasteiger partial charge in [0, 0.05) is 28.4 Å². The highest BCUT2D eigenvalue weighted by atomic mass is 35.5. The molecule has 3 aromatic carbocycles. The molecule has 0 atom stereocenters. The van der Waals surface area contributed by atoms with Crippen molar-refractivity contribution in [3.8, 4) is 11.5 Å². The molecule has 0 heterocycles. The Morgan fingerprint density at radius 2 is 1.68 bits per heavy atom. The van der Waals surface area contributed by atoms with E-state index >= 15 is 0 Å². The van der Waals surface area contributed by atoms with Gasteiger partial charge in [-0.25, -0.2) is 0 Å². The molecule has 34 heavy (non-hydrogen) atoms. The SMILES string of the molecule is COc1ccc(C=C(NC(=O)c2ccc(Cl)cc2)C(=O)Nc2cccc([N+](=O)[O-])c2)cc1OC. The average Bonchev–Trinajstić information content (AvgIpc) is 2.84. The van der Waals surface area contributed by atoms with E-state index in [1.165, 1.54) is 56.7 Å². The lowest BCUT2D eigenvalue weighted by Gasteiger charge is -2.12. The summed E-state index contributed by atoms with van der Waals surface area (Å²) in [5.74, 6) is -0.304. The van der Waals surface area contributed by atoms with Crippen LogP contribution in [0.5, 0.6) is 11.5 Å². The Kier molecular flexibility index (Phi) is 7.83. The van der Waals surface area contributed by atoms with Gasteiger partial charge in [-0.05, 0) is 54.1 Å². The van der Waals surface area contributed by atoms with Crippen LogP contribution in [0.15, 0.2) is 72.4 Å². The Bertz CT molecular complexity index is 1260. The van der Waals surface area contributed by atoms with Crippen LogP contribution < -0.4 is 20.1 Å². The van der Waals surface area contributed by atoms with Crippen LogP contribution in [0, 0.1) is 10.1 Å². The number of hydrogen-bond donors (Lipinski definition) is 2. The van der Waals surface area contributed by atoms with Crippen LogP contribution in [0.1, 0.15) is 15.9 Å². The number of halogens is 1. The number of methoxy groups -OCH3 is 2. The molecular weight excluding hydrogens is 462 g/mol. The number of nitrogens with zero attached hydrogens (tertiary/aromatic N) is 1. The number of carbonyl (C=O) groups excluding carboxylic acids is 2. The summed E-state index contributed by atoms with van der Waals surface area (Å²) in [6, 6.07) is 16.6. The Hall–Kier alpha value is -4.37. The van der Waals surface area contributed by atoms with Crippen LogP contribution in [0.2, 0.25) is 5.02 Å². The van der Waals surface area contributed by atoms with E-state index < -0.39 is 16.7 Å². The Balaban J connectivity index is 1.95. The van der Waals surface area contributed by atoms with E-state index in [0.29, 0.717) is 22.1 Å². The van der Waals surface area contributed by atoms with E-state index in [1.54, 1.807) is 30.3 Å². The largest absolute Gasteiger partial charge is 0.493 e. The molecule has 0 saturated heterocycles. The molecule has 0 saturated carbocycles. The van der Waals surface area contributed by atoms with Crippen molar-refractivity contribution < 1.29 is 24.0 Å². The molecule has 0 unspecified atom stereocenters. The summed E-state index contributed by atoms with van der Waals surface area (Å²) >= 11 is 5.88. The summed E-state index contributed by atoms with van der Waals surface area (Å²) in [6.45, 7) is 0. The molecule has 3 aromatic rings. The van der Waals surface area contributed by atoms with Crippen molar-refractivity contribution in [2.45, 2.75) is 0 Å². The first kappa shape index (κ1) is 24.3. The lowest BCUT2D eigenvalue weighted by Crippen LogP contribution is -2.30. The summed E-state index contributed by atoms with van der Waals surface area (Å²) < 4.78 is 10.5. The minimum Gasteiger partial charge on any atom is -0.493 e. The molecule has 0 spiro atoms. The Morgan fingerprint density at radius 1 is 0.971 bits per heavy atom. The quantitative estimate of drug-likeness (QED) is 0.274. The highest BCUT2D eigenvalue weighted by Crippen LogP contribution is 2.28. The van der Waals surface area contributed by atoms with E-state index in [4.69, 9.17) is 21.1 Å². The fourth-order valence-electron chi connectivity index (χ4n) is 2.96. The first-order valence-electron chi connectivity index (χ1n) is 9.87. The standard InChI is InChI=1S/C24H20ClN3O6/c1-33-21-11-6-15(13-22(21)34-2)12-20(27-23(29)16-7-9-17(25)10-8-16)24(30)26-18-4-3-5-19(14-18)28(31)32/h3-14H,1-2H3,(H,26,30)(H,27,29). The van der Waals surface area contributed by atoms with Gasteiger partial charge >= 0.3 is 0 Å². The van der Waals surface area contributed by atoms with Crippen molar-refractivity contribution in [1.82, 2.24) is 5.32 Å². The Labute approximate surface area is 200 Å². The van der Waals surface area contributed by atoms with Gasteiger partial charge in [-0.15, -0.1) is 0 Å². The molecule has 0 radical (unpaired) electrons. The normalized spacial score (nSPS) is 10.9. The van der Waals surface area contributed by atoms with Crippen LogP contribution in [-0.4, -0.2) is 31.0 Å². The van der Waals surface area contributed by atoms with Gasteiger partial charge in [0.15, 0.2) is 11.5 Å². The molecule has 9 nitrogen and oxygen atoms in total. The topological polar surface area (TPSA) is 120 Å². The predicted octanol–water partition coefficient (Wildman–Crippen LogP) is 4.68. The Morgan fingerprint density at radius 3 is 2.32 bits per heavy atom. The van der Waals surface area contributed by atoms with Gasteiger partial charge in [0.05, 0.1) is 19.1 Å². The number of nitro groups is 1. The second-order valence-corrected chi connectivity index (χ2v) is 7.33. The van der Waals surface area contributed by atoms with Gasteiger partial charge in [0.2, 0.25) is 0 Å².